The SMILES string of the molecule is O=C1CC(O)CN1c1ncccc1OCc1ccccc1. The first-order valence-electron chi connectivity index (χ1n) is 6.84. The highest BCUT2D eigenvalue weighted by atomic mass is 16.5. The predicted octanol–water partition coefficient (Wildman–Crippen LogP) is 1.76. The van der Waals surface area contributed by atoms with E-state index in [0.29, 0.717) is 18.2 Å². The van der Waals surface area contributed by atoms with Crippen molar-refractivity contribution in [2.75, 3.05) is 11.4 Å². The van der Waals surface area contributed by atoms with Gasteiger partial charge in [-0.1, -0.05) is 30.3 Å². The van der Waals surface area contributed by atoms with Gasteiger partial charge in [-0.2, -0.15) is 0 Å². The highest BCUT2D eigenvalue weighted by Gasteiger charge is 2.31. The Morgan fingerprint density at radius 1 is 1.24 bits per heavy atom. The van der Waals surface area contributed by atoms with E-state index < -0.39 is 6.10 Å². The number of nitrogens with zero attached hydrogens (tertiary/aromatic N) is 2. The van der Waals surface area contributed by atoms with Crippen molar-refractivity contribution in [1.29, 1.82) is 0 Å². The molecule has 0 aliphatic carbocycles. The lowest BCUT2D eigenvalue weighted by Gasteiger charge is -2.18. The Bertz CT molecular complexity index is 630. The molecule has 1 aliphatic heterocycles. The summed E-state index contributed by atoms with van der Waals surface area (Å²) in [6.07, 6.45) is 1.11. The number of hydrogen-bond donors (Lipinski definition) is 1. The van der Waals surface area contributed by atoms with E-state index in [1.807, 2.05) is 30.3 Å². The van der Waals surface area contributed by atoms with Gasteiger partial charge >= 0.3 is 0 Å². The number of carbonyl (C=O) groups excluding carboxylic acids is 1. The number of pyridine rings is 1. The molecule has 1 amide bonds. The molecule has 3 rings (SSSR count). The number of anilines is 1. The van der Waals surface area contributed by atoms with Gasteiger partial charge in [-0.3, -0.25) is 9.69 Å². The van der Waals surface area contributed by atoms with Crippen LogP contribution in [0.15, 0.2) is 48.7 Å². The summed E-state index contributed by atoms with van der Waals surface area (Å²) in [6, 6.07) is 13.3. The van der Waals surface area contributed by atoms with E-state index in [1.54, 1.807) is 18.3 Å². The normalized spacial score (nSPS) is 18.0. The zero-order chi connectivity index (χ0) is 14.7. The quantitative estimate of drug-likeness (QED) is 0.929. The molecule has 2 heterocycles. The minimum atomic E-state index is -0.638. The number of hydrogen-bond acceptors (Lipinski definition) is 4. The average Bonchev–Trinajstić information content (AvgIpc) is 2.85. The van der Waals surface area contributed by atoms with Crippen molar-refractivity contribution in [2.24, 2.45) is 0 Å². The van der Waals surface area contributed by atoms with Gasteiger partial charge in [-0.25, -0.2) is 4.98 Å². The van der Waals surface area contributed by atoms with Crippen molar-refractivity contribution in [1.82, 2.24) is 4.98 Å². The van der Waals surface area contributed by atoms with E-state index >= 15 is 0 Å². The molecule has 1 N–H and O–H groups in total. The third kappa shape index (κ3) is 3.03. The molecule has 1 aromatic heterocycles. The van der Waals surface area contributed by atoms with Crippen LogP contribution in [0.2, 0.25) is 0 Å². The third-order valence-corrected chi connectivity index (χ3v) is 3.35. The van der Waals surface area contributed by atoms with E-state index in [2.05, 4.69) is 4.98 Å². The van der Waals surface area contributed by atoms with Crippen molar-refractivity contribution in [3.8, 4) is 5.75 Å². The van der Waals surface area contributed by atoms with Crippen molar-refractivity contribution in [2.45, 2.75) is 19.1 Å². The molecule has 5 heteroatoms. The lowest BCUT2D eigenvalue weighted by atomic mass is 10.2. The lowest BCUT2D eigenvalue weighted by Crippen LogP contribution is -2.26. The first-order valence-corrected chi connectivity index (χ1v) is 6.84. The number of β-amino-alcohol motifs (C(OH)–C–C–N with tert-alkyl or cyclic N) is 1. The number of benzene rings is 1. The van der Waals surface area contributed by atoms with Crippen molar-refractivity contribution in [3.63, 3.8) is 0 Å². The summed E-state index contributed by atoms with van der Waals surface area (Å²) in [5.74, 6) is 0.879. The smallest absolute Gasteiger partial charge is 0.231 e. The molecule has 1 atom stereocenters. The van der Waals surface area contributed by atoms with Crippen LogP contribution in [0.3, 0.4) is 0 Å². The standard InChI is InChI=1S/C16H16N2O3/c19-13-9-15(20)18(10-13)16-14(7-4-8-17-16)21-11-12-5-2-1-3-6-12/h1-8,13,19H,9-11H2. The molecule has 0 bridgehead atoms. The van der Waals surface area contributed by atoms with Gasteiger partial charge in [0, 0.05) is 6.20 Å². The average molecular weight is 284 g/mol. The number of rotatable bonds is 4. The predicted molar refractivity (Wildman–Crippen MR) is 78.0 cm³/mol. The van der Waals surface area contributed by atoms with Crippen LogP contribution in [0.25, 0.3) is 0 Å². The number of carbonyl (C=O) groups is 1. The van der Waals surface area contributed by atoms with Crippen LogP contribution in [-0.2, 0) is 11.4 Å². The van der Waals surface area contributed by atoms with Crippen LogP contribution in [-0.4, -0.2) is 28.6 Å². The fourth-order valence-electron chi connectivity index (χ4n) is 2.33. The highest BCUT2D eigenvalue weighted by molar-refractivity contribution is 5.96. The van der Waals surface area contributed by atoms with Gasteiger partial charge < -0.3 is 9.84 Å². The Morgan fingerprint density at radius 3 is 2.76 bits per heavy atom. The first kappa shape index (κ1) is 13.6. The molecule has 5 nitrogen and oxygen atoms in total. The van der Waals surface area contributed by atoms with Gasteiger partial charge in [0.2, 0.25) is 5.91 Å². The Kier molecular flexibility index (Phi) is 3.83. The maximum Gasteiger partial charge on any atom is 0.231 e. The highest BCUT2D eigenvalue weighted by Crippen LogP contribution is 2.29. The largest absolute Gasteiger partial charge is 0.485 e. The molecule has 2 aromatic rings. The fourth-order valence-corrected chi connectivity index (χ4v) is 2.33. The second kappa shape index (κ2) is 5.93. The molecule has 1 aromatic carbocycles. The van der Waals surface area contributed by atoms with Crippen LogP contribution in [0.4, 0.5) is 5.82 Å². The van der Waals surface area contributed by atoms with Crippen molar-refractivity contribution >= 4 is 11.7 Å². The molecule has 1 unspecified atom stereocenters. The van der Waals surface area contributed by atoms with Gasteiger partial charge in [0.25, 0.3) is 0 Å². The lowest BCUT2D eigenvalue weighted by molar-refractivity contribution is -0.117. The van der Waals surface area contributed by atoms with Gasteiger partial charge in [0.15, 0.2) is 11.6 Å². The summed E-state index contributed by atoms with van der Waals surface area (Å²) in [4.78, 5) is 17.6. The molecular weight excluding hydrogens is 268 g/mol. The molecule has 108 valence electrons. The molecule has 0 spiro atoms. The summed E-state index contributed by atoms with van der Waals surface area (Å²) in [5, 5.41) is 9.60. The number of aliphatic hydroxyl groups is 1. The van der Waals surface area contributed by atoms with Crippen LogP contribution >= 0.6 is 0 Å². The monoisotopic (exact) mass is 284 g/mol. The minimum absolute atomic E-state index is 0.134. The molecule has 1 saturated heterocycles. The summed E-state index contributed by atoms with van der Waals surface area (Å²) >= 11 is 0. The number of ether oxygens (including phenoxy) is 1. The summed E-state index contributed by atoms with van der Waals surface area (Å²) in [7, 11) is 0. The van der Waals surface area contributed by atoms with Crippen LogP contribution in [0, 0.1) is 0 Å². The Hall–Kier alpha value is -2.40. The maximum absolute atomic E-state index is 11.9. The van der Waals surface area contributed by atoms with Crippen LogP contribution in [0.1, 0.15) is 12.0 Å². The molecule has 1 aliphatic rings. The zero-order valence-electron chi connectivity index (χ0n) is 11.5. The van der Waals surface area contributed by atoms with E-state index in [1.165, 1.54) is 4.90 Å². The molecule has 21 heavy (non-hydrogen) atoms. The Balaban J connectivity index is 1.78. The van der Waals surface area contributed by atoms with Gasteiger partial charge in [0.05, 0.1) is 19.1 Å². The minimum Gasteiger partial charge on any atom is -0.485 e. The summed E-state index contributed by atoms with van der Waals surface area (Å²) < 4.78 is 5.78. The van der Waals surface area contributed by atoms with E-state index in [4.69, 9.17) is 4.74 Å². The van der Waals surface area contributed by atoms with E-state index in [0.717, 1.165) is 5.56 Å². The Labute approximate surface area is 122 Å². The third-order valence-electron chi connectivity index (χ3n) is 3.35. The van der Waals surface area contributed by atoms with E-state index in [-0.39, 0.29) is 18.9 Å². The maximum atomic E-state index is 11.9. The molecule has 0 radical (unpaired) electrons. The molecule has 1 fully saturated rings. The second-order valence-corrected chi connectivity index (χ2v) is 4.96. The number of aromatic nitrogens is 1. The fraction of sp³-hybridized carbons (Fsp3) is 0.250. The van der Waals surface area contributed by atoms with Gasteiger partial charge in [-0.05, 0) is 17.7 Å². The first-order chi connectivity index (χ1) is 10.2. The summed E-state index contributed by atoms with van der Waals surface area (Å²) in [5.41, 5.74) is 1.04. The Morgan fingerprint density at radius 2 is 2.05 bits per heavy atom. The zero-order valence-corrected chi connectivity index (χ0v) is 11.5. The number of amides is 1. The van der Waals surface area contributed by atoms with E-state index in [9.17, 15) is 9.90 Å². The van der Waals surface area contributed by atoms with Gasteiger partial charge in [-0.15, -0.1) is 0 Å². The van der Waals surface area contributed by atoms with Crippen LogP contribution < -0.4 is 9.64 Å². The van der Waals surface area contributed by atoms with Gasteiger partial charge in [0.1, 0.15) is 6.61 Å². The topological polar surface area (TPSA) is 62.7 Å². The second-order valence-electron chi connectivity index (χ2n) is 4.96. The number of aliphatic hydroxyl groups excluding tert-OH is 1. The molecule has 0 saturated carbocycles. The van der Waals surface area contributed by atoms with Crippen LogP contribution in [0.5, 0.6) is 5.75 Å². The summed E-state index contributed by atoms with van der Waals surface area (Å²) in [6.45, 7) is 0.668. The van der Waals surface area contributed by atoms with Crippen molar-refractivity contribution in [3.05, 3.63) is 54.2 Å². The molecular formula is C16H16N2O3. The van der Waals surface area contributed by atoms with Crippen molar-refractivity contribution < 1.29 is 14.6 Å².